The quantitative estimate of drug-likeness (QED) is 0.0700. The van der Waals surface area contributed by atoms with Gasteiger partial charge < -0.3 is 4.74 Å². The molecule has 0 aromatic heterocycles. The average Bonchev–Trinajstić information content (AvgIpc) is 3.38. The highest BCUT2D eigenvalue weighted by molar-refractivity contribution is 5.69. The normalized spacial score (nSPS) is 32.5. The monoisotopic (exact) mass is 653 g/mol. The molecule has 0 aromatic rings. The lowest BCUT2D eigenvalue weighted by atomic mass is 9.47. The van der Waals surface area contributed by atoms with Crippen LogP contribution in [-0.4, -0.2) is 12.1 Å². The third-order valence-electron chi connectivity index (χ3n) is 14.5. The number of carbonyl (C=O) groups is 1. The highest BCUT2D eigenvalue weighted by Gasteiger charge is 2.59. The van der Waals surface area contributed by atoms with Crippen molar-refractivity contribution < 1.29 is 9.53 Å². The molecule has 0 unspecified atom stereocenters. The summed E-state index contributed by atoms with van der Waals surface area (Å²) in [4.78, 5) is 12.8. The molecule has 0 N–H and O–H groups in total. The van der Waals surface area contributed by atoms with Gasteiger partial charge in [-0.25, -0.2) is 0 Å². The minimum Gasteiger partial charge on any atom is -0.462 e. The highest BCUT2D eigenvalue weighted by atomic mass is 16.5. The molecule has 0 radical (unpaired) electrons. The highest BCUT2D eigenvalue weighted by Crippen LogP contribution is 2.67. The molecule has 3 saturated carbocycles. The maximum Gasteiger partial charge on any atom is 0.306 e. The number of hydrogen-bond acceptors (Lipinski definition) is 2. The molecule has 4 aliphatic rings. The van der Waals surface area contributed by atoms with Gasteiger partial charge in [-0.15, -0.1) is 0 Å². The summed E-state index contributed by atoms with van der Waals surface area (Å²) in [6, 6.07) is 0. The van der Waals surface area contributed by atoms with Gasteiger partial charge in [0.2, 0.25) is 0 Å². The summed E-state index contributed by atoms with van der Waals surface area (Å²) in [5, 5.41) is 0. The summed E-state index contributed by atoms with van der Waals surface area (Å²) in [7, 11) is 0. The van der Waals surface area contributed by atoms with Gasteiger partial charge in [0.15, 0.2) is 0 Å². The van der Waals surface area contributed by atoms with E-state index in [-0.39, 0.29) is 12.1 Å². The Hall–Kier alpha value is -0.790. The van der Waals surface area contributed by atoms with Gasteiger partial charge in [0.05, 0.1) is 0 Å². The standard InChI is InChI=1S/C45H80O2/c1-34(2)21-18-16-14-12-10-8-9-11-13-15-17-19-24-43(46)47-38-29-31-44(6)37(33-38)25-26-39-41-28-27-40(36(5)23-20-22-35(3)4)45(41,7)32-30-42(39)44/h25,34-36,38-42H,8-24,26-33H2,1-7H3/t36-,38-,39+,40-,41+,42+,44+,45-/m1/s1. The van der Waals surface area contributed by atoms with Crippen LogP contribution in [0, 0.1) is 52.3 Å². The average molecular weight is 653 g/mol. The van der Waals surface area contributed by atoms with Gasteiger partial charge in [0.25, 0.3) is 0 Å². The summed E-state index contributed by atoms with van der Waals surface area (Å²) in [6.45, 7) is 17.3. The van der Waals surface area contributed by atoms with E-state index in [9.17, 15) is 4.79 Å². The molecular weight excluding hydrogens is 572 g/mol. The van der Waals surface area contributed by atoms with Crippen LogP contribution in [0.3, 0.4) is 0 Å². The van der Waals surface area contributed by atoms with Crippen LogP contribution in [0.25, 0.3) is 0 Å². The summed E-state index contributed by atoms with van der Waals surface area (Å²) in [5.74, 6) is 6.20. The first-order valence-electron chi connectivity index (χ1n) is 21.4. The lowest BCUT2D eigenvalue weighted by Crippen LogP contribution is -2.51. The van der Waals surface area contributed by atoms with E-state index in [1.807, 2.05) is 0 Å². The fourth-order valence-corrected chi connectivity index (χ4v) is 11.6. The number of rotatable bonds is 21. The van der Waals surface area contributed by atoms with Crippen molar-refractivity contribution in [2.24, 2.45) is 52.3 Å². The van der Waals surface area contributed by atoms with Crippen molar-refractivity contribution in [2.45, 2.75) is 215 Å². The van der Waals surface area contributed by atoms with Gasteiger partial charge in [-0.1, -0.05) is 156 Å². The van der Waals surface area contributed by atoms with E-state index in [2.05, 4.69) is 54.5 Å². The van der Waals surface area contributed by atoms with Crippen LogP contribution in [0.1, 0.15) is 209 Å². The second-order valence-electron chi connectivity index (χ2n) is 18.8. The van der Waals surface area contributed by atoms with Gasteiger partial charge in [-0.05, 0) is 104 Å². The molecule has 0 aliphatic heterocycles. The fraction of sp³-hybridized carbons (Fsp3) is 0.933. The molecule has 2 heteroatoms. The van der Waals surface area contributed by atoms with E-state index in [1.54, 1.807) is 5.57 Å². The Kier molecular flexibility index (Phi) is 15.8. The Balaban J connectivity index is 1.11. The number of unbranched alkanes of at least 4 members (excludes halogenated alkanes) is 11. The Morgan fingerprint density at radius 3 is 1.94 bits per heavy atom. The zero-order valence-corrected chi connectivity index (χ0v) is 32.7. The van der Waals surface area contributed by atoms with Crippen LogP contribution < -0.4 is 0 Å². The number of esters is 1. The minimum absolute atomic E-state index is 0.0641. The van der Waals surface area contributed by atoms with Crippen molar-refractivity contribution in [2.75, 3.05) is 0 Å². The van der Waals surface area contributed by atoms with Gasteiger partial charge in [0, 0.05) is 12.8 Å². The van der Waals surface area contributed by atoms with Crippen molar-refractivity contribution in [3.63, 3.8) is 0 Å². The first-order valence-corrected chi connectivity index (χ1v) is 21.4. The Bertz CT molecular complexity index is 948. The van der Waals surface area contributed by atoms with Gasteiger partial charge in [-0.3, -0.25) is 4.79 Å². The number of fused-ring (bicyclic) bond motifs is 5. The van der Waals surface area contributed by atoms with Crippen LogP contribution in [0.5, 0.6) is 0 Å². The molecule has 4 aliphatic carbocycles. The van der Waals surface area contributed by atoms with Crippen LogP contribution in [-0.2, 0) is 9.53 Å². The lowest BCUT2D eigenvalue weighted by Gasteiger charge is -2.58. The first kappa shape index (κ1) is 39.0. The number of allylic oxidation sites excluding steroid dienone is 1. The topological polar surface area (TPSA) is 26.3 Å². The molecular formula is C45H80O2. The van der Waals surface area contributed by atoms with E-state index in [0.717, 1.165) is 60.7 Å². The van der Waals surface area contributed by atoms with Gasteiger partial charge in [-0.2, -0.15) is 0 Å². The zero-order valence-electron chi connectivity index (χ0n) is 32.7. The predicted octanol–water partition coefficient (Wildman–Crippen LogP) is 14.1. The molecule has 2 nitrogen and oxygen atoms in total. The summed E-state index contributed by atoms with van der Waals surface area (Å²) < 4.78 is 6.13. The largest absolute Gasteiger partial charge is 0.462 e. The van der Waals surface area contributed by atoms with E-state index in [1.165, 1.54) is 135 Å². The molecule has 272 valence electrons. The summed E-state index contributed by atoms with van der Waals surface area (Å²) in [5.41, 5.74) is 2.54. The van der Waals surface area contributed by atoms with Gasteiger partial charge >= 0.3 is 5.97 Å². The molecule has 47 heavy (non-hydrogen) atoms. The molecule has 3 fully saturated rings. The van der Waals surface area contributed by atoms with E-state index < -0.39 is 0 Å². The maximum atomic E-state index is 12.8. The Labute approximate surface area is 293 Å². The second kappa shape index (κ2) is 19.0. The summed E-state index contributed by atoms with van der Waals surface area (Å²) >= 11 is 0. The second-order valence-corrected chi connectivity index (χ2v) is 18.8. The first-order chi connectivity index (χ1) is 22.5. The van der Waals surface area contributed by atoms with E-state index in [0.29, 0.717) is 17.3 Å². The van der Waals surface area contributed by atoms with Crippen molar-refractivity contribution in [1.82, 2.24) is 0 Å². The third kappa shape index (κ3) is 10.8. The third-order valence-corrected chi connectivity index (χ3v) is 14.5. The van der Waals surface area contributed by atoms with Crippen molar-refractivity contribution in [1.29, 1.82) is 0 Å². The summed E-state index contributed by atoms with van der Waals surface area (Å²) in [6.07, 6.45) is 35.5. The predicted molar refractivity (Wildman–Crippen MR) is 202 cm³/mol. The SMILES string of the molecule is CC(C)CCCCCCCCCCCCCCC(=O)O[C@@H]1CC[C@@]2(C)C(=CC[C@H]3[C@@H]4CC[C@H]([C@H](C)CCCC(C)C)[C@@]4(C)CC[C@@H]32)C1. The smallest absolute Gasteiger partial charge is 0.306 e. The van der Waals surface area contributed by atoms with Crippen LogP contribution in [0.4, 0.5) is 0 Å². The maximum absolute atomic E-state index is 12.8. The molecule has 0 amide bonds. The molecule has 8 atom stereocenters. The van der Waals surface area contributed by atoms with E-state index in [4.69, 9.17) is 4.74 Å². The molecule has 0 saturated heterocycles. The van der Waals surface area contributed by atoms with Crippen molar-refractivity contribution >= 4 is 5.97 Å². The number of ether oxygens (including phenoxy) is 1. The Morgan fingerprint density at radius 1 is 0.702 bits per heavy atom. The van der Waals surface area contributed by atoms with E-state index >= 15 is 0 Å². The van der Waals surface area contributed by atoms with Crippen molar-refractivity contribution in [3.8, 4) is 0 Å². The molecule has 0 heterocycles. The van der Waals surface area contributed by atoms with Crippen molar-refractivity contribution in [3.05, 3.63) is 11.6 Å². The number of carbonyl (C=O) groups excluding carboxylic acids is 1. The Morgan fingerprint density at radius 2 is 1.30 bits per heavy atom. The van der Waals surface area contributed by atoms with Crippen LogP contribution in [0.15, 0.2) is 11.6 Å². The molecule has 4 rings (SSSR count). The van der Waals surface area contributed by atoms with Gasteiger partial charge in [0.1, 0.15) is 6.10 Å². The van der Waals surface area contributed by atoms with Crippen LogP contribution >= 0.6 is 0 Å². The fourth-order valence-electron chi connectivity index (χ4n) is 11.6. The molecule has 0 bridgehead atoms. The lowest BCUT2D eigenvalue weighted by molar-refractivity contribution is -0.151. The van der Waals surface area contributed by atoms with Crippen LogP contribution in [0.2, 0.25) is 0 Å². The molecule has 0 aromatic carbocycles. The minimum atomic E-state index is 0.0641. The molecule has 0 spiro atoms. The number of hydrogen-bond donors (Lipinski definition) is 0. The zero-order chi connectivity index (χ0) is 33.9.